The number of thiocarbonyl (C=S) groups is 1. The molecule has 0 heterocycles. The molecule has 0 aliphatic carbocycles. The van der Waals surface area contributed by atoms with E-state index in [1.807, 2.05) is 26.8 Å². The Morgan fingerprint density at radius 2 is 1.94 bits per heavy atom. The summed E-state index contributed by atoms with van der Waals surface area (Å²) in [7, 11) is 0. The van der Waals surface area contributed by atoms with E-state index in [0.717, 1.165) is 11.3 Å². The monoisotopic (exact) mass is 303 g/mol. The van der Waals surface area contributed by atoms with E-state index in [2.05, 4.69) is 15.8 Å². The Bertz CT molecular complexity index is 472. The lowest BCUT2D eigenvalue weighted by molar-refractivity contribution is 0.719. The van der Waals surface area contributed by atoms with Gasteiger partial charge in [0.05, 0.1) is 15.8 Å². The van der Waals surface area contributed by atoms with Crippen molar-refractivity contribution in [3.63, 3.8) is 0 Å². The minimum absolute atomic E-state index is 0.269. The summed E-state index contributed by atoms with van der Waals surface area (Å²) in [4.78, 5) is 0. The molecule has 0 atom stereocenters. The van der Waals surface area contributed by atoms with Crippen molar-refractivity contribution in [1.29, 1.82) is 0 Å². The first kappa shape index (κ1) is 15.2. The van der Waals surface area contributed by atoms with Gasteiger partial charge in [-0.25, -0.2) is 0 Å². The predicted octanol–water partition coefficient (Wildman–Crippen LogP) is 3.59. The Balaban J connectivity index is 2.71. The Kier molecular flexibility index (Phi) is 5.85. The number of hydrogen-bond acceptors (Lipinski definition) is 2. The number of hydrazone groups is 1. The molecule has 0 aliphatic heterocycles. The fourth-order valence-corrected chi connectivity index (χ4v) is 1.79. The third-order valence-electron chi connectivity index (χ3n) is 2.08. The van der Waals surface area contributed by atoms with Crippen LogP contribution in [-0.4, -0.2) is 16.9 Å². The molecule has 0 saturated heterocycles. The fraction of sp³-hybridized carbons (Fsp3) is 0.333. The summed E-state index contributed by atoms with van der Waals surface area (Å²) in [6.07, 6.45) is 0. The van der Waals surface area contributed by atoms with Crippen LogP contribution < -0.4 is 10.7 Å². The van der Waals surface area contributed by atoms with Gasteiger partial charge in [-0.3, -0.25) is 5.43 Å². The maximum absolute atomic E-state index is 5.94. The molecule has 1 aromatic rings. The first-order chi connectivity index (χ1) is 8.40. The van der Waals surface area contributed by atoms with Crippen LogP contribution in [0, 0.1) is 0 Å². The number of halogens is 2. The van der Waals surface area contributed by atoms with Crippen molar-refractivity contribution in [2.75, 3.05) is 0 Å². The lowest BCUT2D eigenvalue weighted by atomic mass is 10.1. The molecule has 3 nitrogen and oxygen atoms in total. The fourth-order valence-electron chi connectivity index (χ4n) is 1.21. The van der Waals surface area contributed by atoms with Crippen molar-refractivity contribution in [2.24, 2.45) is 5.10 Å². The van der Waals surface area contributed by atoms with Crippen molar-refractivity contribution >= 4 is 46.2 Å². The Morgan fingerprint density at radius 3 is 2.50 bits per heavy atom. The number of benzene rings is 1. The molecule has 0 aromatic heterocycles. The topological polar surface area (TPSA) is 36.4 Å². The zero-order valence-corrected chi connectivity index (χ0v) is 12.7. The summed E-state index contributed by atoms with van der Waals surface area (Å²) in [6, 6.07) is 5.63. The van der Waals surface area contributed by atoms with E-state index in [4.69, 9.17) is 35.4 Å². The van der Waals surface area contributed by atoms with Gasteiger partial charge in [0, 0.05) is 6.04 Å². The molecule has 0 bridgehead atoms. The number of nitrogens with one attached hydrogen (secondary N) is 2. The molecule has 0 spiro atoms. The van der Waals surface area contributed by atoms with Crippen LogP contribution in [0.25, 0.3) is 0 Å². The van der Waals surface area contributed by atoms with Crippen molar-refractivity contribution in [3.05, 3.63) is 33.8 Å². The summed E-state index contributed by atoms with van der Waals surface area (Å²) in [5, 5.41) is 8.74. The molecule has 0 unspecified atom stereocenters. The molecule has 0 radical (unpaired) electrons. The second kappa shape index (κ2) is 6.92. The first-order valence-electron chi connectivity index (χ1n) is 5.46. The number of rotatable bonds is 3. The third kappa shape index (κ3) is 4.80. The highest BCUT2D eigenvalue weighted by Crippen LogP contribution is 2.22. The van der Waals surface area contributed by atoms with E-state index < -0.39 is 0 Å². The zero-order valence-electron chi connectivity index (χ0n) is 10.4. The largest absolute Gasteiger partial charge is 0.359 e. The van der Waals surface area contributed by atoms with Gasteiger partial charge in [-0.2, -0.15) is 5.10 Å². The molecule has 1 rings (SSSR count). The van der Waals surface area contributed by atoms with E-state index >= 15 is 0 Å². The molecule has 1 aromatic carbocycles. The van der Waals surface area contributed by atoms with E-state index in [-0.39, 0.29) is 6.04 Å². The van der Waals surface area contributed by atoms with Gasteiger partial charge in [-0.1, -0.05) is 29.3 Å². The maximum Gasteiger partial charge on any atom is 0.187 e. The molecule has 98 valence electrons. The van der Waals surface area contributed by atoms with Gasteiger partial charge in [0.2, 0.25) is 0 Å². The van der Waals surface area contributed by atoms with Crippen LogP contribution >= 0.6 is 35.4 Å². The van der Waals surface area contributed by atoms with Gasteiger partial charge >= 0.3 is 0 Å². The van der Waals surface area contributed by atoms with Gasteiger partial charge in [-0.05, 0) is 50.7 Å². The molecule has 0 saturated carbocycles. The minimum Gasteiger partial charge on any atom is -0.359 e. The standard InChI is InChI=1S/C12H15Cl2N3S/c1-7(2)15-12(18)17-16-8(3)9-4-5-10(13)11(14)6-9/h4-7H,1-3H3,(H2,15,17,18)/b16-8+. The van der Waals surface area contributed by atoms with E-state index in [1.165, 1.54) is 0 Å². The minimum atomic E-state index is 0.269. The lowest BCUT2D eigenvalue weighted by Crippen LogP contribution is -2.37. The summed E-state index contributed by atoms with van der Waals surface area (Å²) in [6.45, 7) is 5.87. The summed E-state index contributed by atoms with van der Waals surface area (Å²) < 4.78 is 0. The Hall–Kier alpha value is -0.840. The molecule has 0 amide bonds. The van der Waals surface area contributed by atoms with Crippen LogP contribution in [-0.2, 0) is 0 Å². The second-order valence-corrected chi connectivity index (χ2v) is 5.29. The van der Waals surface area contributed by atoms with Gasteiger partial charge in [0.15, 0.2) is 5.11 Å². The highest BCUT2D eigenvalue weighted by atomic mass is 35.5. The molecule has 6 heteroatoms. The lowest BCUT2D eigenvalue weighted by Gasteiger charge is -2.10. The quantitative estimate of drug-likeness (QED) is 0.509. The molecule has 18 heavy (non-hydrogen) atoms. The van der Waals surface area contributed by atoms with Crippen LogP contribution in [0.15, 0.2) is 23.3 Å². The van der Waals surface area contributed by atoms with Crippen LogP contribution in [0.2, 0.25) is 10.0 Å². The van der Waals surface area contributed by atoms with Gasteiger partial charge in [-0.15, -0.1) is 0 Å². The van der Waals surface area contributed by atoms with Gasteiger partial charge in [0.1, 0.15) is 0 Å². The molecular formula is C12H15Cl2N3S. The molecule has 0 fully saturated rings. The number of hydrogen-bond donors (Lipinski definition) is 2. The zero-order chi connectivity index (χ0) is 13.7. The van der Waals surface area contributed by atoms with Crippen LogP contribution in [0.5, 0.6) is 0 Å². The maximum atomic E-state index is 5.94. The van der Waals surface area contributed by atoms with Crippen LogP contribution in [0.1, 0.15) is 26.3 Å². The summed E-state index contributed by atoms with van der Waals surface area (Å²) in [5.41, 5.74) is 4.45. The highest BCUT2D eigenvalue weighted by molar-refractivity contribution is 7.80. The van der Waals surface area contributed by atoms with Crippen LogP contribution in [0.3, 0.4) is 0 Å². The van der Waals surface area contributed by atoms with Crippen molar-refractivity contribution in [2.45, 2.75) is 26.8 Å². The van der Waals surface area contributed by atoms with E-state index in [1.54, 1.807) is 12.1 Å². The molecule has 0 aliphatic rings. The van der Waals surface area contributed by atoms with Crippen molar-refractivity contribution < 1.29 is 0 Å². The smallest absolute Gasteiger partial charge is 0.187 e. The SMILES string of the molecule is C/C(=N\NC(=S)NC(C)C)c1ccc(Cl)c(Cl)c1. The summed E-state index contributed by atoms with van der Waals surface area (Å²) >= 11 is 16.9. The van der Waals surface area contributed by atoms with Crippen molar-refractivity contribution in [1.82, 2.24) is 10.7 Å². The van der Waals surface area contributed by atoms with Crippen molar-refractivity contribution in [3.8, 4) is 0 Å². The average Bonchev–Trinajstić information content (AvgIpc) is 2.28. The second-order valence-electron chi connectivity index (χ2n) is 4.07. The van der Waals surface area contributed by atoms with E-state index in [0.29, 0.717) is 15.2 Å². The van der Waals surface area contributed by atoms with Crippen LogP contribution in [0.4, 0.5) is 0 Å². The van der Waals surface area contributed by atoms with Gasteiger partial charge < -0.3 is 5.32 Å². The van der Waals surface area contributed by atoms with E-state index in [9.17, 15) is 0 Å². The predicted molar refractivity (Wildman–Crippen MR) is 82.7 cm³/mol. The first-order valence-corrected chi connectivity index (χ1v) is 6.62. The average molecular weight is 304 g/mol. The third-order valence-corrected chi connectivity index (χ3v) is 3.03. The molecular weight excluding hydrogens is 289 g/mol. The normalized spacial score (nSPS) is 11.6. The summed E-state index contributed by atoms with van der Waals surface area (Å²) in [5.74, 6) is 0. The highest BCUT2D eigenvalue weighted by Gasteiger charge is 2.03. The Morgan fingerprint density at radius 1 is 1.28 bits per heavy atom. The molecule has 2 N–H and O–H groups in total. The van der Waals surface area contributed by atoms with Gasteiger partial charge in [0.25, 0.3) is 0 Å². The Labute approximate surface area is 123 Å². The number of nitrogens with zero attached hydrogens (tertiary/aromatic N) is 1.